The van der Waals surface area contributed by atoms with Crippen LogP contribution < -0.4 is 9.47 Å². The molecule has 1 aliphatic rings. The smallest absolute Gasteiger partial charge is 0.266 e. The van der Waals surface area contributed by atoms with Crippen LogP contribution in [0.2, 0.25) is 5.02 Å². The molecule has 0 aliphatic carbocycles. The van der Waals surface area contributed by atoms with Crippen LogP contribution in [0.3, 0.4) is 0 Å². The SMILES string of the molecule is CCN1C(=O)/C(=C/c2ccc(OCc3ccc(Cl)cc3)c(OC)c2)S/C1=N/c1cccc(C)n1. The predicted molar refractivity (Wildman–Crippen MR) is 138 cm³/mol. The van der Waals surface area contributed by atoms with Gasteiger partial charge in [0, 0.05) is 17.3 Å². The molecule has 8 heteroatoms. The van der Waals surface area contributed by atoms with E-state index in [1.54, 1.807) is 12.0 Å². The Morgan fingerprint density at radius 1 is 1.12 bits per heavy atom. The van der Waals surface area contributed by atoms with Gasteiger partial charge in [0.1, 0.15) is 6.61 Å². The van der Waals surface area contributed by atoms with Crippen molar-refractivity contribution in [2.24, 2.45) is 4.99 Å². The van der Waals surface area contributed by atoms with Crippen LogP contribution in [0.25, 0.3) is 6.08 Å². The van der Waals surface area contributed by atoms with Crippen molar-refractivity contribution in [1.29, 1.82) is 0 Å². The highest BCUT2D eigenvalue weighted by Crippen LogP contribution is 2.35. The number of aryl methyl sites for hydroxylation is 1. The molecule has 1 aromatic heterocycles. The van der Waals surface area contributed by atoms with Crippen molar-refractivity contribution in [3.63, 3.8) is 0 Å². The molecule has 0 spiro atoms. The van der Waals surface area contributed by atoms with Crippen molar-refractivity contribution in [3.8, 4) is 11.5 Å². The lowest BCUT2D eigenvalue weighted by Gasteiger charge is -2.12. The average molecular weight is 494 g/mol. The Kier molecular flexibility index (Phi) is 7.55. The van der Waals surface area contributed by atoms with Gasteiger partial charge in [0.25, 0.3) is 5.91 Å². The third kappa shape index (κ3) is 5.61. The number of thioether (sulfide) groups is 1. The molecule has 1 amide bonds. The van der Waals surface area contributed by atoms with Crippen LogP contribution in [-0.4, -0.2) is 34.6 Å². The maximum Gasteiger partial charge on any atom is 0.266 e. The van der Waals surface area contributed by atoms with Crippen molar-refractivity contribution in [1.82, 2.24) is 9.88 Å². The highest BCUT2D eigenvalue weighted by Gasteiger charge is 2.32. The molecule has 0 bridgehead atoms. The summed E-state index contributed by atoms with van der Waals surface area (Å²) in [6.45, 7) is 4.75. The highest BCUT2D eigenvalue weighted by atomic mass is 35.5. The molecule has 1 saturated heterocycles. The number of likely N-dealkylation sites (N-methyl/N-ethyl adjacent to an activating group) is 1. The van der Waals surface area contributed by atoms with Crippen molar-refractivity contribution in [3.05, 3.63) is 87.4 Å². The normalized spacial score (nSPS) is 15.9. The Morgan fingerprint density at radius 3 is 2.62 bits per heavy atom. The number of rotatable bonds is 7. The standard InChI is InChI=1S/C26H24ClN3O3S/c1-4-30-25(31)23(34-26(30)29-24-7-5-6-17(2)28-24)15-19-10-13-21(22(14-19)32-3)33-16-18-8-11-20(27)12-9-18/h5-15H,4,16H2,1-3H3/b23-15-,29-26+. The number of amidine groups is 1. The topological polar surface area (TPSA) is 64.0 Å². The average Bonchev–Trinajstić information content (AvgIpc) is 3.12. The number of hydrogen-bond donors (Lipinski definition) is 0. The Hall–Kier alpha value is -3.29. The molecule has 0 radical (unpaired) electrons. The predicted octanol–water partition coefficient (Wildman–Crippen LogP) is 6.25. The number of amides is 1. The van der Waals surface area contributed by atoms with Crippen LogP contribution in [0.5, 0.6) is 11.5 Å². The second kappa shape index (κ2) is 10.8. The van der Waals surface area contributed by atoms with Crippen LogP contribution in [0.4, 0.5) is 5.82 Å². The Balaban J connectivity index is 1.54. The van der Waals surface area contributed by atoms with E-state index in [1.165, 1.54) is 11.8 Å². The maximum atomic E-state index is 13.0. The van der Waals surface area contributed by atoms with Gasteiger partial charge in [-0.2, -0.15) is 0 Å². The lowest BCUT2D eigenvalue weighted by molar-refractivity contribution is -0.122. The minimum atomic E-state index is -0.0825. The summed E-state index contributed by atoms with van der Waals surface area (Å²) in [5.41, 5.74) is 2.71. The van der Waals surface area contributed by atoms with E-state index in [0.717, 1.165) is 16.8 Å². The first-order valence-corrected chi connectivity index (χ1v) is 12.0. The van der Waals surface area contributed by atoms with E-state index in [0.29, 0.717) is 45.6 Å². The molecule has 0 saturated carbocycles. The van der Waals surface area contributed by atoms with E-state index in [4.69, 9.17) is 21.1 Å². The summed E-state index contributed by atoms with van der Waals surface area (Å²) in [5.74, 6) is 1.71. The molecule has 6 nitrogen and oxygen atoms in total. The van der Waals surface area contributed by atoms with Gasteiger partial charge in [0.05, 0.1) is 12.0 Å². The summed E-state index contributed by atoms with van der Waals surface area (Å²) in [7, 11) is 1.59. The maximum absolute atomic E-state index is 13.0. The number of nitrogens with zero attached hydrogens (tertiary/aromatic N) is 3. The number of carbonyl (C=O) groups excluding carboxylic acids is 1. The zero-order valence-electron chi connectivity index (χ0n) is 19.1. The lowest BCUT2D eigenvalue weighted by Crippen LogP contribution is -2.28. The third-order valence-electron chi connectivity index (χ3n) is 5.08. The molecular formula is C26H24ClN3O3S. The van der Waals surface area contributed by atoms with E-state index in [2.05, 4.69) is 9.98 Å². The first kappa shape index (κ1) is 23.9. The van der Waals surface area contributed by atoms with Crippen LogP contribution in [0.15, 0.2) is 70.6 Å². The van der Waals surface area contributed by atoms with Gasteiger partial charge >= 0.3 is 0 Å². The van der Waals surface area contributed by atoms with E-state index in [1.807, 2.05) is 80.6 Å². The van der Waals surface area contributed by atoms with Gasteiger partial charge in [-0.25, -0.2) is 9.98 Å². The van der Waals surface area contributed by atoms with Crippen LogP contribution >= 0.6 is 23.4 Å². The summed E-state index contributed by atoms with van der Waals surface area (Å²) < 4.78 is 11.5. The fraction of sp³-hybridized carbons (Fsp3) is 0.192. The van der Waals surface area contributed by atoms with Crippen molar-refractivity contribution < 1.29 is 14.3 Å². The third-order valence-corrected chi connectivity index (χ3v) is 6.34. The number of carbonyl (C=O) groups is 1. The number of aromatic nitrogens is 1. The van der Waals surface area contributed by atoms with E-state index in [9.17, 15) is 4.79 Å². The Labute approximate surface area is 208 Å². The quantitative estimate of drug-likeness (QED) is 0.364. The molecule has 1 aliphatic heterocycles. The highest BCUT2D eigenvalue weighted by molar-refractivity contribution is 8.18. The molecule has 2 heterocycles. The summed E-state index contributed by atoms with van der Waals surface area (Å²) in [4.78, 5) is 24.2. The van der Waals surface area contributed by atoms with E-state index in [-0.39, 0.29) is 5.91 Å². The van der Waals surface area contributed by atoms with Gasteiger partial charge in [-0.3, -0.25) is 9.69 Å². The van der Waals surface area contributed by atoms with Crippen molar-refractivity contribution in [2.75, 3.05) is 13.7 Å². The molecular weight excluding hydrogens is 470 g/mol. The molecule has 3 aromatic rings. The van der Waals surface area contributed by atoms with Gasteiger partial charge in [0.2, 0.25) is 0 Å². The van der Waals surface area contributed by atoms with Crippen LogP contribution in [0, 0.1) is 6.92 Å². The van der Waals surface area contributed by atoms with Crippen LogP contribution in [-0.2, 0) is 11.4 Å². The van der Waals surface area contributed by atoms with Gasteiger partial charge in [-0.1, -0.05) is 35.9 Å². The number of methoxy groups -OCH3 is 1. The molecule has 0 N–H and O–H groups in total. The van der Waals surface area contributed by atoms with Gasteiger partial charge in [-0.15, -0.1) is 0 Å². The second-order valence-corrected chi connectivity index (χ2v) is 8.96. The zero-order valence-corrected chi connectivity index (χ0v) is 20.7. The zero-order chi connectivity index (χ0) is 24.1. The second-order valence-electron chi connectivity index (χ2n) is 7.52. The monoisotopic (exact) mass is 493 g/mol. The van der Waals surface area contributed by atoms with E-state index >= 15 is 0 Å². The first-order chi connectivity index (χ1) is 16.5. The van der Waals surface area contributed by atoms with Crippen LogP contribution in [0.1, 0.15) is 23.7 Å². The lowest BCUT2D eigenvalue weighted by atomic mass is 10.1. The number of halogens is 1. The Morgan fingerprint density at radius 2 is 1.91 bits per heavy atom. The minimum Gasteiger partial charge on any atom is -0.493 e. The molecule has 0 atom stereocenters. The van der Waals surface area contributed by atoms with Gasteiger partial charge in [-0.05, 0) is 79.2 Å². The number of ether oxygens (including phenoxy) is 2. The Bertz CT molecular complexity index is 1260. The van der Waals surface area contributed by atoms with Gasteiger partial charge < -0.3 is 9.47 Å². The number of pyridine rings is 1. The summed E-state index contributed by atoms with van der Waals surface area (Å²) in [5, 5.41) is 1.30. The summed E-state index contributed by atoms with van der Waals surface area (Å²) in [6.07, 6.45) is 1.84. The largest absolute Gasteiger partial charge is 0.493 e. The molecule has 2 aromatic carbocycles. The molecule has 1 fully saturated rings. The number of aliphatic imine (C=N–C) groups is 1. The van der Waals surface area contributed by atoms with Crippen molar-refractivity contribution >= 4 is 46.3 Å². The fourth-order valence-corrected chi connectivity index (χ4v) is 4.52. The van der Waals surface area contributed by atoms with Gasteiger partial charge in [0.15, 0.2) is 22.5 Å². The number of benzene rings is 2. The summed E-state index contributed by atoms with van der Waals surface area (Å²) in [6, 6.07) is 18.7. The minimum absolute atomic E-state index is 0.0825. The summed E-state index contributed by atoms with van der Waals surface area (Å²) >= 11 is 7.28. The fourth-order valence-electron chi connectivity index (χ4n) is 3.35. The molecule has 0 unspecified atom stereocenters. The van der Waals surface area contributed by atoms with E-state index < -0.39 is 0 Å². The number of hydrogen-bond acceptors (Lipinski definition) is 6. The molecule has 174 valence electrons. The first-order valence-electron chi connectivity index (χ1n) is 10.8. The van der Waals surface area contributed by atoms with Crippen molar-refractivity contribution in [2.45, 2.75) is 20.5 Å². The molecule has 4 rings (SSSR count). The molecule has 34 heavy (non-hydrogen) atoms.